The third-order valence-corrected chi connectivity index (χ3v) is 3.98. The molecule has 1 unspecified atom stereocenters. The number of ketones is 2. The SMILES string of the molecule is CCC([C]1[CH][CH][CH][CH]1)C1=C(O)c2ccccc2C(=O)C1=O. The molecule has 0 aromatic heterocycles. The van der Waals surface area contributed by atoms with Crippen LogP contribution in [0.1, 0.15) is 29.3 Å². The molecule has 1 N–H and O–H groups in total. The summed E-state index contributed by atoms with van der Waals surface area (Å²) in [7, 11) is 0. The smallest absolute Gasteiger partial charge is 0.234 e. The van der Waals surface area contributed by atoms with E-state index in [4.69, 9.17) is 0 Å². The molecule has 1 saturated carbocycles. The molecule has 0 spiro atoms. The lowest BCUT2D eigenvalue weighted by atomic mass is 9.75. The third kappa shape index (κ3) is 2.21. The van der Waals surface area contributed by atoms with Gasteiger partial charge in [-0.3, -0.25) is 9.59 Å². The summed E-state index contributed by atoms with van der Waals surface area (Å²) in [5, 5.41) is 10.5. The van der Waals surface area contributed by atoms with Gasteiger partial charge in [0.15, 0.2) is 0 Å². The number of carbonyl (C=O) groups is 2. The lowest BCUT2D eigenvalue weighted by Gasteiger charge is -2.27. The predicted molar refractivity (Wildman–Crippen MR) is 79.6 cm³/mol. The average molecular weight is 279 g/mol. The summed E-state index contributed by atoms with van der Waals surface area (Å²) in [6, 6.07) is 6.69. The first-order valence-electron chi connectivity index (χ1n) is 6.98. The van der Waals surface area contributed by atoms with Gasteiger partial charge in [0, 0.05) is 16.7 Å². The van der Waals surface area contributed by atoms with E-state index in [9.17, 15) is 14.7 Å². The molecule has 3 rings (SSSR count). The van der Waals surface area contributed by atoms with Crippen molar-refractivity contribution < 1.29 is 14.7 Å². The van der Waals surface area contributed by atoms with Crippen LogP contribution in [0.4, 0.5) is 0 Å². The highest BCUT2D eigenvalue weighted by Crippen LogP contribution is 2.41. The molecule has 0 heterocycles. The van der Waals surface area contributed by atoms with Crippen molar-refractivity contribution >= 4 is 17.3 Å². The molecule has 1 atom stereocenters. The lowest BCUT2D eigenvalue weighted by Crippen LogP contribution is -2.30. The number of allylic oxidation sites excluding steroid dienone is 1. The summed E-state index contributed by atoms with van der Waals surface area (Å²) in [6.45, 7) is 1.94. The van der Waals surface area contributed by atoms with Crippen LogP contribution in [0.5, 0.6) is 0 Å². The minimum atomic E-state index is -0.598. The molecule has 3 heteroatoms. The van der Waals surface area contributed by atoms with Gasteiger partial charge in [0.1, 0.15) is 5.76 Å². The zero-order valence-electron chi connectivity index (χ0n) is 11.7. The number of rotatable bonds is 3. The van der Waals surface area contributed by atoms with Crippen molar-refractivity contribution in [1.29, 1.82) is 0 Å². The van der Waals surface area contributed by atoms with E-state index >= 15 is 0 Å². The molecule has 1 fully saturated rings. The number of benzene rings is 1. The maximum atomic E-state index is 12.4. The van der Waals surface area contributed by atoms with Gasteiger partial charge in [0.2, 0.25) is 11.6 Å². The van der Waals surface area contributed by atoms with Gasteiger partial charge in [-0.2, -0.15) is 0 Å². The van der Waals surface area contributed by atoms with Crippen LogP contribution in [0.2, 0.25) is 0 Å². The van der Waals surface area contributed by atoms with Crippen molar-refractivity contribution in [3.05, 3.63) is 72.6 Å². The van der Waals surface area contributed by atoms with Gasteiger partial charge in [0.05, 0.1) is 0 Å². The number of hydrogen-bond donors (Lipinski definition) is 1. The van der Waals surface area contributed by atoms with Crippen LogP contribution >= 0.6 is 0 Å². The van der Waals surface area contributed by atoms with E-state index in [1.54, 1.807) is 24.3 Å². The van der Waals surface area contributed by atoms with E-state index in [1.807, 2.05) is 32.6 Å². The number of Topliss-reactive ketones (excluding diaryl/α,β-unsaturated/α-hetero) is 2. The Morgan fingerprint density at radius 1 is 1.00 bits per heavy atom. The molecule has 1 aromatic carbocycles. The third-order valence-electron chi connectivity index (χ3n) is 3.98. The van der Waals surface area contributed by atoms with Crippen LogP contribution in [0.3, 0.4) is 0 Å². The van der Waals surface area contributed by atoms with Crippen LogP contribution in [-0.2, 0) is 4.79 Å². The Labute approximate surface area is 124 Å². The molecule has 0 aliphatic heterocycles. The second kappa shape index (κ2) is 5.47. The number of hydrogen-bond acceptors (Lipinski definition) is 3. The fourth-order valence-electron chi connectivity index (χ4n) is 2.94. The monoisotopic (exact) mass is 279 g/mol. The molecule has 3 nitrogen and oxygen atoms in total. The lowest BCUT2D eigenvalue weighted by molar-refractivity contribution is -0.112. The van der Waals surface area contributed by atoms with Crippen molar-refractivity contribution in [2.45, 2.75) is 13.3 Å². The molecule has 21 heavy (non-hydrogen) atoms. The number of fused-ring (bicyclic) bond motifs is 1. The second-order valence-corrected chi connectivity index (χ2v) is 5.15. The van der Waals surface area contributed by atoms with E-state index in [2.05, 4.69) is 0 Å². The van der Waals surface area contributed by atoms with Crippen LogP contribution in [-0.4, -0.2) is 16.7 Å². The number of aliphatic hydroxyl groups is 1. The fourth-order valence-corrected chi connectivity index (χ4v) is 2.94. The van der Waals surface area contributed by atoms with Gasteiger partial charge in [-0.1, -0.05) is 31.2 Å². The van der Waals surface area contributed by atoms with Gasteiger partial charge in [0.25, 0.3) is 0 Å². The number of aliphatic hydroxyl groups excluding tert-OH is 1. The summed E-state index contributed by atoms with van der Waals surface area (Å²) in [4.78, 5) is 24.7. The Morgan fingerprint density at radius 2 is 1.62 bits per heavy atom. The zero-order chi connectivity index (χ0) is 15.0. The highest BCUT2D eigenvalue weighted by atomic mass is 16.3. The Morgan fingerprint density at radius 3 is 2.24 bits per heavy atom. The van der Waals surface area contributed by atoms with Crippen molar-refractivity contribution in [1.82, 2.24) is 0 Å². The fraction of sp³-hybridized carbons (Fsp3) is 0.167. The minimum absolute atomic E-state index is 0.0664. The normalized spacial score (nSPS) is 20.8. The van der Waals surface area contributed by atoms with Gasteiger partial charge >= 0.3 is 0 Å². The molecule has 5 radical (unpaired) electrons. The van der Waals surface area contributed by atoms with Crippen molar-refractivity contribution in [2.24, 2.45) is 5.92 Å². The topological polar surface area (TPSA) is 54.4 Å². The Bertz CT molecular complexity index is 621. The first kappa shape index (κ1) is 14.1. The summed E-state index contributed by atoms with van der Waals surface area (Å²) < 4.78 is 0. The highest BCUT2D eigenvalue weighted by Gasteiger charge is 2.39. The summed E-state index contributed by atoms with van der Waals surface area (Å²) in [6.07, 6.45) is 8.24. The van der Waals surface area contributed by atoms with E-state index in [1.165, 1.54) is 0 Å². The Hall–Kier alpha value is -1.90. The Kier molecular flexibility index (Phi) is 3.66. The van der Waals surface area contributed by atoms with Crippen LogP contribution in [0.15, 0.2) is 29.8 Å². The zero-order valence-corrected chi connectivity index (χ0v) is 11.7. The molecule has 0 amide bonds. The quantitative estimate of drug-likeness (QED) is 0.865. The first-order chi connectivity index (χ1) is 10.1. The van der Waals surface area contributed by atoms with Gasteiger partial charge in [-0.25, -0.2) is 0 Å². The van der Waals surface area contributed by atoms with Gasteiger partial charge in [-0.15, -0.1) is 0 Å². The second-order valence-electron chi connectivity index (χ2n) is 5.15. The van der Waals surface area contributed by atoms with E-state index < -0.39 is 11.6 Å². The molecule has 105 valence electrons. The standard InChI is InChI=1S/C18H15O3/c1-2-12(11-7-3-4-8-11)15-16(19)13-9-5-6-10-14(13)17(20)18(15)21/h3-10,12,19H,2H2,1H3. The van der Waals surface area contributed by atoms with Gasteiger partial charge in [-0.05, 0) is 43.9 Å². The van der Waals surface area contributed by atoms with Crippen molar-refractivity contribution in [3.63, 3.8) is 0 Å². The predicted octanol–water partition coefficient (Wildman–Crippen LogP) is 3.15. The maximum absolute atomic E-state index is 12.4. The number of carbonyl (C=O) groups excluding carboxylic acids is 2. The van der Waals surface area contributed by atoms with E-state index in [-0.39, 0.29) is 22.8 Å². The molecule has 1 aromatic rings. The molecule has 0 bridgehead atoms. The van der Waals surface area contributed by atoms with E-state index in [0.29, 0.717) is 12.0 Å². The van der Waals surface area contributed by atoms with Gasteiger partial charge < -0.3 is 5.11 Å². The first-order valence-corrected chi connectivity index (χ1v) is 6.98. The van der Waals surface area contributed by atoms with Crippen LogP contribution in [0, 0.1) is 37.5 Å². The summed E-state index contributed by atoms with van der Waals surface area (Å²) >= 11 is 0. The molecule has 0 saturated heterocycles. The molecule has 2 aliphatic carbocycles. The van der Waals surface area contributed by atoms with Crippen LogP contribution in [0.25, 0.3) is 5.76 Å². The van der Waals surface area contributed by atoms with Crippen molar-refractivity contribution in [2.75, 3.05) is 0 Å². The van der Waals surface area contributed by atoms with Crippen molar-refractivity contribution in [3.8, 4) is 0 Å². The maximum Gasteiger partial charge on any atom is 0.234 e. The van der Waals surface area contributed by atoms with E-state index in [0.717, 1.165) is 5.92 Å². The minimum Gasteiger partial charge on any atom is -0.507 e. The molecular formula is C18H15O3. The Balaban J connectivity index is 2.11. The molecular weight excluding hydrogens is 264 g/mol. The van der Waals surface area contributed by atoms with Crippen LogP contribution < -0.4 is 0 Å². The average Bonchev–Trinajstić information content (AvgIpc) is 3.03. The molecule has 2 aliphatic rings. The largest absolute Gasteiger partial charge is 0.507 e. The highest BCUT2D eigenvalue weighted by molar-refractivity contribution is 6.52. The summed E-state index contributed by atoms with van der Waals surface area (Å²) in [5.74, 6) is -0.518. The summed E-state index contributed by atoms with van der Waals surface area (Å²) in [5.41, 5.74) is 0.940.